The number of nitrogens with zero attached hydrogens (tertiary/aromatic N) is 3. The lowest BCUT2D eigenvalue weighted by Gasteiger charge is -2.29. The first-order chi connectivity index (χ1) is 13.0. The van der Waals surface area contributed by atoms with E-state index < -0.39 is 11.9 Å². The third-order valence-electron chi connectivity index (χ3n) is 5.53. The zero-order chi connectivity index (χ0) is 19.0. The van der Waals surface area contributed by atoms with Crippen LogP contribution in [0.5, 0.6) is 0 Å². The predicted octanol–water partition coefficient (Wildman–Crippen LogP) is 3.04. The second kappa shape index (κ2) is 7.13. The molecule has 0 bridgehead atoms. The summed E-state index contributed by atoms with van der Waals surface area (Å²) < 4.78 is 15.4. The SMILES string of the molecule is Cn1ccc(NC(=O)C(CC2CCCC2)N2C(=O)Cc3ccc(F)cc32)n1. The number of aromatic nitrogens is 2. The molecular weight excluding hydrogens is 347 g/mol. The van der Waals surface area contributed by atoms with E-state index in [0.717, 1.165) is 31.2 Å². The van der Waals surface area contributed by atoms with Crippen LogP contribution in [0.15, 0.2) is 30.5 Å². The number of benzene rings is 1. The second-order valence-electron chi connectivity index (χ2n) is 7.48. The van der Waals surface area contributed by atoms with Crippen LogP contribution in [0.1, 0.15) is 37.7 Å². The van der Waals surface area contributed by atoms with E-state index in [-0.39, 0.29) is 18.2 Å². The normalized spacial score (nSPS) is 18.0. The van der Waals surface area contributed by atoms with Crippen molar-refractivity contribution in [3.8, 4) is 0 Å². The van der Waals surface area contributed by atoms with E-state index in [0.29, 0.717) is 23.8 Å². The number of hydrogen-bond donors (Lipinski definition) is 1. The molecule has 2 heterocycles. The van der Waals surface area contributed by atoms with Gasteiger partial charge in [-0.3, -0.25) is 19.2 Å². The number of carbonyl (C=O) groups excluding carboxylic acids is 2. The Morgan fingerprint density at radius 3 is 2.81 bits per heavy atom. The van der Waals surface area contributed by atoms with Crippen molar-refractivity contribution in [3.05, 3.63) is 41.8 Å². The topological polar surface area (TPSA) is 67.2 Å². The van der Waals surface area contributed by atoms with Crippen LogP contribution in [0, 0.1) is 11.7 Å². The molecule has 27 heavy (non-hydrogen) atoms. The molecule has 1 aromatic heterocycles. The second-order valence-corrected chi connectivity index (χ2v) is 7.48. The third-order valence-corrected chi connectivity index (χ3v) is 5.53. The highest BCUT2D eigenvalue weighted by molar-refractivity contribution is 6.08. The van der Waals surface area contributed by atoms with Gasteiger partial charge in [0.1, 0.15) is 11.9 Å². The molecule has 142 valence electrons. The fraction of sp³-hybridized carbons (Fsp3) is 0.450. The number of anilines is 2. The Hall–Kier alpha value is -2.70. The lowest BCUT2D eigenvalue weighted by molar-refractivity contribution is -0.123. The van der Waals surface area contributed by atoms with Gasteiger partial charge in [-0.1, -0.05) is 31.7 Å². The Labute approximate surface area is 157 Å². The average molecular weight is 370 g/mol. The first kappa shape index (κ1) is 17.7. The molecule has 1 N–H and O–H groups in total. The summed E-state index contributed by atoms with van der Waals surface area (Å²) in [5.41, 5.74) is 1.28. The van der Waals surface area contributed by atoms with Gasteiger partial charge >= 0.3 is 0 Å². The van der Waals surface area contributed by atoms with E-state index in [2.05, 4.69) is 10.4 Å². The number of amides is 2. The number of fused-ring (bicyclic) bond motifs is 1. The summed E-state index contributed by atoms with van der Waals surface area (Å²) >= 11 is 0. The van der Waals surface area contributed by atoms with Crippen molar-refractivity contribution in [2.24, 2.45) is 13.0 Å². The predicted molar refractivity (Wildman–Crippen MR) is 99.8 cm³/mol. The fourth-order valence-electron chi connectivity index (χ4n) is 4.22. The third kappa shape index (κ3) is 3.59. The van der Waals surface area contributed by atoms with Crippen LogP contribution in [-0.4, -0.2) is 27.6 Å². The van der Waals surface area contributed by atoms with Crippen LogP contribution < -0.4 is 10.2 Å². The molecule has 1 aliphatic carbocycles. The summed E-state index contributed by atoms with van der Waals surface area (Å²) in [6, 6.07) is 5.40. The first-order valence-electron chi connectivity index (χ1n) is 9.42. The highest BCUT2D eigenvalue weighted by atomic mass is 19.1. The standard InChI is InChI=1S/C20H23FN4O2/c1-24-9-8-18(23-24)22-20(27)17(10-13-4-2-3-5-13)25-16-12-15(21)7-6-14(16)11-19(25)26/h6-9,12-13,17H,2-5,10-11H2,1H3,(H,22,23,27). The molecule has 1 saturated carbocycles. The molecule has 4 rings (SSSR count). The number of hydrogen-bond acceptors (Lipinski definition) is 3. The summed E-state index contributed by atoms with van der Waals surface area (Å²) in [4.78, 5) is 27.3. The maximum atomic E-state index is 13.8. The lowest BCUT2D eigenvalue weighted by atomic mass is 9.96. The van der Waals surface area contributed by atoms with Gasteiger partial charge in [0.15, 0.2) is 5.82 Å². The van der Waals surface area contributed by atoms with Gasteiger partial charge in [-0.05, 0) is 30.0 Å². The fourth-order valence-corrected chi connectivity index (χ4v) is 4.22. The molecular formula is C20H23FN4O2. The zero-order valence-corrected chi connectivity index (χ0v) is 15.3. The van der Waals surface area contributed by atoms with Gasteiger partial charge in [-0.15, -0.1) is 0 Å². The number of nitrogens with one attached hydrogen (secondary N) is 1. The minimum Gasteiger partial charge on any atom is -0.307 e. The molecule has 1 unspecified atom stereocenters. The molecule has 1 atom stereocenters. The van der Waals surface area contributed by atoms with Crippen LogP contribution in [-0.2, 0) is 23.1 Å². The minimum absolute atomic E-state index is 0.158. The molecule has 1 aliphatic heterocycles. The zero-order valence-electron chi connectivity index (χ0n) is 15.3. The van der Waals surface area contributed by atoms with Crippen molar-refractivity contribution in [1.82, 2.24) is 9.78 Å². The van der Waals surface area contributed by atoms with Gasteiger partial charge in [0.05, 0.1) is 12.1 Å². The molecule has 0 spiro atoms. The van der Waals surface area contributed by atoms with E-state index >= 15 is 0 Å². The molecule has 2 aromatic rings. The molecule has 6 nitrogen and oxygen atoms in total. The van der Waals surface area contributed by atoms with Crippen molar-refractivity contribution in [3.63, 3.8) is 0 Å². The number of carbonyl (C=O) groups is 2. The summed E-state index contributed by atoms with van der Waals surface area (Å²) in [5, 5.41) is 7.01. The van der Waals surface area contributed by atoms with E-state index in [9.17, 15) is 14.0 Å². The summed E-state index contributed by atoms with van der Waals surface area (Å²) in [6.07, 6.45) is 6.95. The molecule has 2 amide bonds. The van der Waals surface area contributed by atoms with E-state index in [1.54, 1.807) is 30.1 Å². The van der Waals surface area contributed by atoms with E-state index in [1.807, 2.05) is 0 Å². The Morgan fingerprint density at radius 2 is 2.11 bits per heavy atom. The van der Waals surface area contributed by atoms with E-state index in [1.165, 1.54) is 17.0 Å². The van der Waals surface area contributed by atoms with E-state index in [4.69, 9.17) is 0 Å². The Bertz CT molecular complexity index is 873. The number of aryl methyl sites for hydroxylation is 1. The number of halogens is 1. The molecule has 0 saturated heterocycles. The van der Waals surface area contributed by atoms with Crippen LogP contribution >= 0.6 is 0 Å². The first-order valence-corrected chi connectivity index (χ1v) is 9.42. The average Bonchev–Trinajstić information content (AvgIpc) is 3.34. The minimum atomic E-state index is -0.661. The maximum Gasteiger partial charge on any atom is 0.248 e. The van der Waals surface area contributed by atoms with Gasteiger partial charge in [-0.2, -0.15) is 5.10 Å². The van der Waals surface area contributed by atoms with Crippen LogP contribution in [0.4, 0.5) is 15.9 Å². The van der Waals surface area contributed by atoms with Crippen molar-refractivity contribution < 1.29 is 14.0 Å². The summed E-state index contributed by atoms with van der Waals surface area (Å²) in [7, 11) is 1.77. The molecule has 1 aromatic carbocycles. The lowest BCUT2D eigenvalue weighted by Crippen LogP contribution is -2.47. The van der Waals surface area contributed by atoms with Crippen LogP contribution in [0.25, 0.3) is 0 Å². The highest BCUT2D eigenvalue weighted by Gasteiger charge is 2.39. The van der Waals surface area contributed by atoms with Gasteiger partial charge in [-0.25, -0.2) is 4.39 Å². The van der Waals surface area contributed by atoms with Gasteiger partial charge in [0.25, 0.3) is 0 Å². The Morgan fingerprint density at radius 1 is 1.33 bits per heavy atom. The van der Waals surface area contributed by atoms with Gasteiger partial charge in [0.2, 0.25) is 11.8 Å². The Balaban J connectivity index is 1.64. The van der Waals surface area contributed by atoms with Crippen molar-refractivity contribution in [2.75, 3.05) is 10.2 Å². The molecule has 1 fully saturated rings. The van der Waals surface area contributed by atoms with Crippen LogP contribution in [0.2, 0.25) is 0 Å². The van der Waals surface area contributed by atoms with Gasteiger partial charge in [0, 0.05) is 19.3 Å². The highest BCUT2D eigenvalue weighted by Crippen LogP contribution is 2.36. The van der Waals surface area contributed by atoms with Gasteiger partial charge < -0.3 is 5.32 Å². The summed E-state index contributed by atoms with van der Waals surface area (Å²) in [6.45, 7) is 0. The quantitative estimate of drug-likeness (QED) is 0.880. The molecule has 2 aliphatic rings. The largest absolute Gasteiger partial charge is 0.307 e. The van der Waals surface area contributed by atoms with Crippen molar-refractivity contribution >= 4 is 23.3 Å². The van der Waals surface area contributed by atoms with Crippen molar-refractivity contribution in [1.29, 1.82) is 0 Å². The number of rotatable bonds is 5. The van der Waals surface area contributed by atoms with Crippen LogP contribution in [0.3, 0.4) is 0 Å². The van der Waals surface area contributed by atoms with Crippen molar-refractivity contribution in [2.45, 2.75) is 44.6 Å². The maximum absolute atomic E-state index is 13.8. The molecule has 7 heteroatoms. The summed E-state index contributed by atoms with van der Waals surface area (Å²) in [5.74, 6) is 0.0129. The molecule has 0 radical (unpaired) electrons. The monoisotopic (exact) mass is 370 g/mol. The Kier molecular flexibility index (Phi) is 4.68. The smallest absolute Gasteiger partial charge is 0.248 e.